The van der Waals surface area contributed by atoms with E-state index in [0.29, 0.717) is 6.04 Å². The number of nitrogens with one attached hydrogen (secondary N) is 1. The zero-order chi connectivity index (χ0) is 38.1. The molecule has 4 unspecified atom stereocenters. The highest BCUT2D eigenvalue weighted by molar-refractivity contribution is 6.06. The van der Waals surface area contributed by atoms with Gasteiger partial charge in [-0.1, -0.05) is 116 Å². The van der Waals surface area contributed by atoms with Crippen molar-refractivity contribution in [2.24, 2.45) is 0 Å². The second kappa shape index (κ2) is 18.0. The summed E-state index contributed by atoms with van der Waals surface area (Å²) in [5, 5.41) is 12.2. The van der Waals surface area contributed by atoms with Gasteiger partial charge in [0.15, 0.2) is 6.29 Å². The lowest BCUT2D eigenvalue weighted by molar-refractivity contribution is -0.253. The fraction of sp³-hybridized carbons (Fsp3) is 0.356. The second-order valence-electron chi connectivity index (χ2n) is 14.6. The summed E-state index contributed by atoms with van der Waals surface area (Å²) < 4.78 is 18.6. The van der Waals surface area contributed by atoms with Crippen molar-refractivity contribution in [2.45, 2.75) is 88.9 Å². The van der Waals surface area contributed by atoms with Crippen LogP contribution in [0.1, 0.15) is 78.7 Å². The molecule has 1 aliphatic carbocycles. The third kappa shape index (κ3) is 9.58. The predicted molar refractivity (Wildman–Crippen MR) is 208 cm³/mol. The highest BCUT2D eigenvalue weighted by Crippen LogP contribution is 2.39. The van der Waals surface area contributed by atoms with E-state index < -0.39 is 24.3 Å². The third-order valence-electron chi connectivity index (χ3n) is 10.8. The number of carbonyl (C=O) groups excluding carboxylic acids is 3. The van der Waals surface area contributed by atoms with Crippen LogP contribution >= 0.6 is 0 Å². The minimum absolute atomic E-state index is 0.00626. The van der Waals surface area contributed by atoms with E-state index in [1.54, 1.807) is 0 Å². The molecule has 7 rings (SSSR count). The van der Waals surface area contributed by atoms with E-state index in [1.807, 2.05) is 109 Å². The third-order valence-corrected chi connectivity index (χ3v) is 10.8. The fourth-order valence-corrected chi connectivity index (χ4v) is 7.84. The molecule has 2 saturated heterocycles. The van der Waals surface area contributed by atoms with Crippen LogP contribution in [0.4, 0.5) is 4.79 Å². The number of hydrogen-bond acceptors (Lipinski definition) is 8. The first-order chi connectivity index (χ1) is 26.9. The van der Waals surface area contributed by atoms with Crippen molar-refractivity contribution in [2.75, 3.05) is 13.1 Å². The van der Waals surface area contributed by atoms with Gasteiger partial charge < -0.3 is 24.6 Å². The molecule has 3 aliphatic rings. The monoisotopic (exact) mass is 743 g/mol. The summed E-state index contributed by atoms with van der Waals surface area (Å²) in [5.41, 5.74) is 6.34. The van der Waals surface area contributed by atoms with Gasteiger partial charge in [0, 0.05) is 31.1 Å². The van der Waals surface area contributed by atoms with Crippen molar-refractivity contribution >= 4 is 17.9 Å². The number of aliphatic hydroxyl groups is 1. The lowest BCUT2D eigenvalue weighted by Crippen LogP contribution is -2.43. The Morgan fingerprint density at radius 3 is 2.33 bits per heavy atom. The van der Waals surface area contributed by atoms with E-state index in [4.69, 9.17) is 14.2 Å². The van der Waals surface area contributed by atoms with Gasteiger partial charge in [-0.15, -0.1) is 6.58 Å². The largest absolute Gasteiger partial charge is 0.445 e. The minimum atomic E-state index is -0.970. The highest BCUT2D eigenvalue weighted by Gasteiger charge is 2.40. The fourth-order valence-electron chi connectivity index (χ4n) is 7.84. The Balaban J connectivity index is 1.01. The summed E-state index contributed by atoms with van der Waals surface area (Å²) in [6.07, 6.45) is 5.95. The van der Waals surface area contributed by atoms with E-state index in [-0.39, 0.29) is 44.3 Å². The molecule has 2 N–H and O–H groups in total. The molecule has 1 saturated carbocycles. The first-order valence-electron chi connectivity index (χ1n) is 19.2. The number of carbonyl (C=O) groups is 3. The van der Waals surface area contributed by atoms with Gasteiger partial charge in [0.25, 0.3) is 5.91 Å². The van der Waals surface area contributed by atoms with Crippen LogP contribution in [0.15, 0.2) is 116 Å². The molecule has 3 fully saturated rings. The predicted octanol–water partition coefficient (Wildman–Crippen LogP) is 7.38. The lowest BCUT2D eigenvalue weighted by Gasteiger charge is -2.39. The van der Waals surface area contributed by atoms with E-state index in [2.05, 4.69) is 16.8 Å². The van der Waals surface area contributed by atoms with E-state index >= 15 is 0 Å². The van der Waals surface area contributed by atoms with Gasteiger partial charge in [-0.05, 0) is 52.3 Å². The maximum absolute atomic E-state index is 13.2. The summed E-state index contributed by atoms with van der Waals surface area (Å²) in [6.45, 7) is 5.79. The molecule has 0 spiro atoms. The molecule has 286 valence electrons. The summed E-state index contributed by atoms with van der Waals surface area (Å²) in [4.78, 5) is 42.2. The number of ether oxygens (including phenoxy) is 3. The van der Waals surface area contributed by atoms with Gasteiger partial charge >= 0.3 is 6.09 Å². The standard InChI is InChI=1S/C45H49N3O7/c1-2-23-47(38-13-6-7-14-38)28-39-25-41(35-17-15-31(29-49)16-18-35)55-44(54-39)36-21-19-34(20-22-36)37-12-8-11-33(24-37)27-48-42(50)26-40(43(48)51)46-45(52)53-30-32-9-4-3-5-10-32/h2-5,8-12,15-22,24,38-41,44,49H,1,6-7,13-14,23,25-30H2,(H,46,52). The van der Waals surface area contributed by atoms with Crippen molar-refractivity contribution in [3.63, 3.8) is 0 Å². The normalized spacial score (nSPS) is 21.6. The smallest absolute Gasteiger partial charge is 0.408 e. The van der Waals surface area contributed by atoms with Crippen LogP contribution in [0.25, 0.3) is 11.1 Å². The first kappa shape index (κ1) is 38.2. The summed E-state index contributed by atoms with van der Waals surface area (Å²) >= 11 is 0. The second-order valence-corrected chi connectivity index (χ2v) is 14.6. The molecule has 4 aromatic carbocycles. The van der Waals surface area contributed by atoms with Crippen LogP contribution in [0, 0.1) is 0 Å². The number of rotatable bonds is 14. The molecule has 4 atom stereocenters. The molecule has 3 amide bonds. The van der Waals surface area contributed by atoms with Gasteiger partial charge in [0.1, 0.15) is 12.6 Å². The van der Waals surface area contributed by atoms with Gasteiger partial charge in [0.2, 0.25) is 5.91 Å². The number of nitrogens with zero attached hydrogens (tertiary/aromatic N) is 2. The Morgan fingerprint density at radius 1 is 0.873 bits per heavy atom. The van der Waals surface area contributed by atoms with Crippen LogP contribution in [0.3, 0.4) is 0 Å². The highest BCUT2D eigenvalue weighted by atomic mass is 16.7. The van der Waals surface area contributed by atoms with E-state index in [0.717, 1.165) is 58.5 Å². The van der Waals surface area contributed by atoms with Crippen molar-refractivity contribution in [1.82, 2.24) is 15.1 Å². The van der Waals surface area contributed by atoms with Crippen LogP contribution < -0.4 is 5.32 Å². The average Bonchev–Trinajstić information content (AvgIpc) is 3.85. The van der Waals surface area contributed by atoms with Crippen LogP contribution in [0.2, 0.25) is 0 Å². The molecule has 0 aromatic heterocycles. The van der Waals surface area contributed by atoms with Crippen molar-refractivity contribution < 1.29 is 33.7 Å². The number of alkyl carbamates (subject to hydrolysis) is 1. The maximum Gasteiger partial charge on any atom is 0.408 e. The van der Waals surface area contributed by atoms with Crippen LogP contribution in [-0.2, 0) is 43.6 Å². The Kier molecular flexibility index (Phi) is 12.5. The van der Waals surface area contributed by atoms with Gasteiger partial charge in [-0.2, -0.15) is 0 Å². The SMILES string of the molecule is C=CCN(CC1CC(c2ccc(CO)cc2)OC(c2ccc(-c3cccc(CN4C(=O)CC(NC(=O)OCc5ccccc5)C4=O)c3)cc2)O1)C1CCCC1. The van der Waals surface area contributed by atoms with E-state index in [9.17, 15) is 19.5 Å². The Hall–Kier alpha value is -5.13. The molecule has 2 aliphatic heterocycles. The molecule has 10 heteroatoms. The summed E-state index contributed by atoms with van der Waals surface area (Å²) in [5.74, 6) is -0.807. The molecular weight excluding hydrogens is 695 g/mol. The Morgan fingerprint density at radius 2 is 1.60 bits per heavy atom. The van der Waals surface area contributed by atoms with Gasteiger partial charge in [0.05, 0.1) is 31.8 Å². The molecule has 0 bridgehead atoms. The number of amides is 3. The first-order valence-corrected chi connectivity index (χ1v) is 19.2. The van der Waals surface area contributed by atoms with Crippen molar-refractivity contribution in [1.29, 1.82) is 0 Å². The zero-order valence-electron chi connectivity index (χ0n) is 31.1. The molecule has 0 radical (unpaired) electrons. The van der Waals surface area contributed by atoms with Gasteiger partial charge in [-0.25, -0.2) is 4.79 Å². The Bertz CT molecular complexity index is 1930. The maximum atomic E-state index is 13.2. The minimum Gasteiger partial charge on any atom is -0.445 e. The van der Waals surface area contributed by atoms with Crippen molar-refractivity contribution in [3.05, 3.63) is 144 Å². The van der Waals surface area contributed by atoms with Crippen LogP contribution in [0.5, 0.6) is 0 Å². The molecular formula is C45H49N3O7. The van der Waals surface area contributed by atoms with Gasteiger partial charge in [-0.3, -0.25) is 19.4 Å². The molecule has 4 aromatic rings. The zero-order valence-corrected chi connectivity index (χ0v) is 31.1. The number of imide groups is 1. The summed E-state index contributed by atoms with van der Waals surface area (Å²) in [6, 6.07) is 32.6. The topological polar surface area (TPSA) is 118 Å². The average molecular weight is 744 g/mol. The number of hydrogen-bond donors (Lipinski definition) is 2. The molecule has 10 nitrogen and oxygen atoms in total. The van der Waals surface area contributed by atoms with Crippen LogP contribution in [-0.4, -0.2) is 64.1 Å². The van der Waals surface area contributed by atoms with E-state index in [1.165, 1.54) is 30.6 Å². The number of aliphatic hydroxyl groups excluding tert-OH is 1. The Labute approximate surface area is 322 Å². The number of benzene rings is 4. The molecule has 2 heterocycles. The van der Waals surface area contributed by atoms with Crippen molar-refractivity contribution in [3.8, 4) is 11.1 Å². The summed E-state index contributed by atoms with van der Waals surface area (Å²) in [7, 11) is 0. The molecule has 55 heavy (non-hydrogen) atoms. The number of likely N-dealkylation sites (tertiary alicyclic amines) is 1. The quantitative estimate of drug-likeness (QED) is 0.102. The lowest BCUT2D eigenvalue weighted by atomic mass is 9.98.